The largest absolute Gasteiger partial charge is 0.480 e. The van der Waals surface area contributed by atoms with Crippen LogP contribution in [0.4, 0.5) is 0 Å². The summed E-state index contributed by atoms with van der Waals surface area (Å²) < 4.78 is 4.75. The van der Waals surface area contributed by atoms with Gasteiger partial charge in [0.25, 0.3) is 5.91 Å². The molecule has 1 heterocycles. The Labute approximate surface area is 103 Å². The molecule has 1 aromatic rings. The second-order valence-corrected chi connectivity index (χ2v) is 4.46. The zero-order valence-corrected chi connectivity index (χ0v) is 10.4. The van der Waals surface area contributed by atoms with Crippen molar-refractivity contribution in [2.45, 2.75) is 19.4 Å². The van der Waals surface area contributed by atoms with E-state index in [-0.39, 0.29) is 5.76 Å². The van der Waals surface area contributed by atoms with E-state index in [2.05, 4.69) is 10.5 Å². The third kappa shape index (κ3) is 4.10. The van der Waals surface area contributed by atoms with Crippen LogP contribution >= 0.6 is 11.8 Å². The average Bonchev–Trinajstić information content (AvgIpc) is 2.70. The van der Waals surface area contributed by atoms with Gasteiger partial charge in [-0.15, -0.1) is 0 Å². The van der Waals surface area contributed by atoms with Crippen molar-refractivity contribution in [3.63, 3.8) is 0 Å². The molecule has 1 atom stereocenters. The fraction of sp³-hybridized carbons (Fsp3) is 0.500. The molecule has 0 spiro atoms. The standard InChI is InChI=1S/C10H14N2O4S/c1-6-5-8(16-12-6)9(13)11-7(10(14)15)3-4-17-2/h5,7H,3-4H2,1-2H3,(H,11,13)(H,14,15)/t7-/m1/s1. The molecule has 2 N–H and O–H groups in total. The number of aromatic nitrogens is 1. The van der Waals surface area contributed by atoms with Crippen molar-refractivity contribution in [3.05, 3.63) is 17.5 Å². The molecule has 1 aromatic heterocycles. The molecular weight excluding hydrogens is 244 g/mol. The van der Waals surface area contributed by atoms with Crippen LogP contribution in [0.25, 0.3) is 0 Å². The molecule has 0 aliphatic rings. The van der Waals surface area contributed by atoms with Gasteiger partial charge in [-0.05, 0) is 25.4 Å². The van der Waals surface area contributed by atoms with Crippen molar-refractivity contribution in [2.24, 2.45) is 0 Å². The molecular formula is C10H14N2O4S. The van der Waals surface area contributed by atoms with Crippen LogP contribution in [0.1, 0.15) is 22.7 Å². The predicted molar refractivity (Wildman–Crippen MR) is 63.1 cm³/mol. The maximum atomic E-state index is 11.6. The first-order valence-electron chi connectivity index (χ1n) is 5.00. The van der Waals surface area contributed by atoms with E-state index in [4.69, 9.17) is 9.63 Å². The molecule has 0 aliphatic carbocycles. The molecule has 94 valence electrons. The number of thioether (sulfide) groups is 1. The summed E-state index contributed by atoms with van der Waals surface area (Å²) in [6.07, 6.45) is 2.25. The third-order valence-electron chi connectivity index (χ3n) is 2.07. The summed E-state index contributed by atoms with van der Waals surface area (Å²) >= 11 is 1.52. The van der Waals surface area contributed by atoms with E-state index < -0.39 is 17.9 Å². The maximum absolute atomic E-state index is 11.6. The zero-order valence-electron chi connectivity index (χ0n) is 9.60. The molecule has 0 saturated heterocycles. The van der Waals surface area contributed by atoms with E-state index in [9.17, 15) is 9.59 Å². The molecule has 0 bridgehead atoms. The van der Waals surface area contributed by atoms with Gasteiger partial charge < -0.3 is 14.9 Å². The predicted octanol–water partition coefficient (Wildman–Crippen LogP) is 0.919. The molecule has 6 nitrogen and oxygen atoms in total. The van der Waals surface area contributed by atoms with E-state index in [1.165, 1.54) is 17.8 Å². The van der Waals surface area contributed by atoms with Crippen molar-refractivity contribution in [3.8, 4) is 0 Å². The Morgan fingerprint density at radius 1 is 1.65 bits per heavy atom. The van der Waals surface area contributed by atoms with Crippen molar-refractivity contribution >= 4 is 23.6 Å². The molecule has 1 rings (SSSR count). The van der Waals surface area contributed by atoms with E-state index in [1.54, 1.807) is 6.92 Å². The first-order chi connectivity index (χ1) is 8.04. The van der Waals surface area contributed by atoms with Crippen LogP contribution in [-0.4, -0.2) is 40.2 Å². The summed E-state index contributed by atoms with van der Waals surface area (Å²) in [6.45, 7) is 1.68. The van der Waals surface area contributed by atoms with Crippen molar-refractivity contribution in [1.82, 2.24) is 10.5 Å². The van der Waals surface area contributed by atoms with Gasteiger partial charge in [-0.3, -0.25) is 4.79 Å². The van der Waals surface area contributed by atoms with Gasteiger partial charge >= 0.3 is 5.97 Å². The number of hydrogen-bond donors (Lipinski definition) is 2. The van der Waals surface area contributed by atoms with Gasteiger partial charge in [0.1, 0.15) is 6.04 Å². The van der Waals surface area contributed by atoms with Gasteiger partial charge in [-0.25, -0.2) is 4.79 Å². The summed E-state index contributed by atoms with van der Waals surface area (Å²) in [7, 11) is 0. The van der Waals surface area contributed by atoms with E-state index in [0.717, 1.165) is 0 Å². The van der Waals surface area contributed by atoms with Crippen LogP contribution in [0.15, 0.2) is 10.6 Å². The quantitative estimate of drug-likeness (QED) is 0.788. The SMILES string of the molecule is CSCC[C@@H](NC(=O)c1cc(C)no1)C(=O)O. The van der Waals surface area contributed by atoms with Gasteiger partial charge in [-0.1, -0.05) is 5.16 Å². The summed E-state index contributed by atoms with van der Waals surface area (Å²) in [5.74, 6) is -0.923. The zero-order chi connectivity index (χ0) is 12.8. The van der Waals surface area contributed by atoms with Gasteiger partial charge in [0, 0.05) is 6.07 Å². The fourth-order valence-corrected chi connectivity index (χ4v) is 1.66. The molecule has 0 aliphatic heterocycles. The van der Waals surface area contributed by atoms with Gasteiger partial charge in [0.15, 0.2) is 0 Å². The lowest BCUT2D eigenvalue weighted by Crippen LogP contribution is -2.41. The number of rotatable bonds is 6. The van der Waals surface area contributed by atoms with Crippen LogP contribution in [0.2, 0.25) is 0 Å². The second-order valence-electron chi connectivity index (χ2n) is 3.48. The molecule has 0 radical (unpaired) electrons. The fourth-order valence-electron chi connectivity index (χ4n) is 1.19. The summed E-state index contributed by atoms with van der Waals surface area (Å²) in [4.78, 5) is 22.5. The molecule has 0 unspecified atom stereocenters. The number of carboxylic acid groups (broad SMARTS) is 1. The highest BCUT2D eigenvalue weighted by Gasteiger charge is 2.22. The Kier molecular flexibility index (Phi) is 5.02. The van der Waals surface area contributed by atoms with E-state index >= 15 is 0 Å². The van der Waals surface area contributed by atoms with Gasteiger partial charge in [-0.2, -0.15) is 11.8 Å². The molecule has 0 saturated carbocycles. The summed E-state index contributed by atoms with van der Waals surface area (Å²) in [5.41, 5.74) is 0.575. The first-order valence-corrected chi connectivity index (χ1v) is 6.40. The van der Waals surface area contributed by atoms with Crippen molar-refractivity contribution in [2.75, 3.05) is 12.0 Å². The van der Waals surface area contributed by atoms with Crippen LogP contribution in [0.3, 0.4) is 0 Å². The Balaban J connectivity index is 2.60. The minimum atomic E-state index is -1.05. The monoisotopic (exact) mass is 258 g/mol. The summed E-state index contributed by atoms with van der Waals surface area (Å²) in [6, 6.07) is 0.559. The molecule has 17 heavy (non-hydrogen) atoms. The first kappa shape index (κ1) is 13.6. The lowest BCUT2D eigenvalue weighted by molar-refractivity contribution is -0.139. The molecule has 1 amide bonds. The second kappa shape index (κ2) is 6.29. The van der Waals surface area contributed by atoms with Crippen LogP contribution < -0.4 is 5.32 Å². The highest BCUT2D eigenvalue weighted by molar-refractivity contribution is 7.98. The van der Waals surface area contributed by atoms with Gasteiger partial charge in [0.05, 0.1) is 5.69 Å². The normalized spacial score (nSPS) is 12.1. The highest BCUT2D eigenvalue weighted by Crippen LogP contribution is 2.05. The highest BCUT2D eigenvalue weighted by atomic mass is 32.2. The number of aliphatic carboxylic acids is 1. The van der Waals surface area contributed by atoms with E-state index in [1.807, 2.05) is 6.26 Å². The lowest BCUT2D eigenvalue weighted by Gasteiger charge is -2.12. The Hall–Kier alpha value is -1.50. The number of carboxylic acids is 1. The Morgan fingerprint density at radius 2 is 2.35 bits per heavy atom. The minimum absolute atomic E-state index is 0.0258. The number of carbonyl (C=O) groups is 2. The van der Waals surface area contributed by atoms with Crippen LogP contribution in [0, 0.1) is 6.92 Å². The molecule has 7 heteroatoms. The van der Waals surface area contributed by atoms with Crippen molar-refractivity contribution < 1.29 is 19.2 Å². The number of aryl methyl sites for hydroxylation is 1. The smallest absolute Gasteiger partial charge is 0.326 e. The Bertz CT molecular complexity index is 405. The van der Waals surface area contributed by atoms with E-state index in [0.29, 0.717) is 17.9 Å². The minimum Gasteiger partial charge on any atom is -0.480 e. The molecule has 0 aromatic carbocycles. The number of nitrogens with zero attached hydrogens (tertiary/aromatic N) is 1. The van der Waals surface area contributed by atoms with Crippen LogP contribution in [0.5, 0.6) is 0 Å². The Morgan fingerprint density at radius 3 is 2.82 bits per heavy atom. The summed E-state index contributed by atoms with van der Waals surface area (Å²) in [5, 5.41) is 14.9. The maximum Gasteiger partial charge on any atom is 0.326 e. The lowest BCUT2D eigenvalue weighted by atomic mass is 10.2. The third-order valence-corrected chi connectivity index (χ3v) is 2.71. The number of amides is 1. The number of carbonyl (C=O) groups excluding carboxylic acids is 1. The van der Waals surface area contributed by atoms with Gasteiger partial charge in [0.2, 0.25) is 5.76 Å². The average molecular weight is 258 g/mol. The van der Waals surface area contributed by atoms with Crippen LogP contribution in [-0.2, 0) is 4.79 Å². The van der Waals surface area contributed by atoms with Crippen molar-refractivity contribution in [1.29, 1.82) is 0 Å². The number of hydrogen-bond acceptors (Lipinski definition) is 5. The number of nitrogens with one attached hydrogen (secondary N) is 1. The molecule has 0 fully saturated rings. The topological polar surface area (TPSA) is 92.4 Å².